The van der Waals surface area contributed by atoms with Gasteiger partial charge in [0.2, 0.25) is 5.71 Å². The lowest BCUT2D eigenvalue weighted by Crippen LogP contribution is -2.26. The molecule has 0 aliphatic rings. The van der Waals surface area contributed by atoms with E-state index in [4.69, 9.17) is 9.57 Å². The molecule has 0 bridgehead atoms. The van der Waals surface area contributed by atoms with Crippen LogP contribution in [0.15, 0.2) is 59.8 Å². The largest absolute Gasteiger partial charge is 0.497 e. The number of methoxy groups -OCH3 is 1. The predicted molar refractivity (Wildman–Crippen MR) is 85.9 cm³/mol. The number of carbonyl (C=O) groups is 1. The molecule has 0 aliphatic carbocycles. The molecular weight excluding hydrogens is 294 g/mol. The molecule has 6 nitrogen and oxygen atoms in total. The summed E-state index contributed by atoms with van der Waals surface area (Å²) in [4.78, 5) is 20.5. The molecule has 6 heteroatoms. The van der Waals surface area contributed by atoms with Crippen molar-refractivity contribution in [1.82, 2.24) is 0 Å². The van der Waals surface area contributed by atoms with Gasteiger partial charge in [-0.15, -0.1) is 0 Å². The molecule has 2 aromatic rings. The summed E-state index contributed by atoms with van der Waals surface area (Å²) in [6, 6.07) is 15.4. The van der Waals surface area contributed by atoms with Crippen LogP contribution >= 0.6 is 0 Å². The summed E-state index contributed by atoms with van der Waals surface area (Å²) in [6.07, 6.45) is 0. The third kappa shape index (κ3) is 3.70. The molecule has 0 heterocycles. The van der Waals surface area contributed by atoms with Gasteiger partial charge in [-0.25, -0.2) is 0 Å². The number of nitrogens with zero attached hydrogens (tertiary/aromatic N) is 3. The summed E-state index contributed by atoms with van der Waals surface area (Å²) in [5.41, 5.74) is 10.2. The molecule has 23 heavy (non-hydrogen) atoms. The first-order chi connectivity index (χ1) is 11.2. The van der Waals surface area contributed by atoms with E-state index >= 15 is 0 Å². The Kier molecular flexibility index (Phi) is 5.39. The normalized spacial score (nSPS) is 10.6. The van der Waals surface area contributed by atoms with Gasteiger partial charge in [-0.2, -0.15) is 4.79 Å². The molecule has 0 fully saturated rings. The van der Waals surface area contributed by atoms with Crippen molar-refractivity contribution in [2.45, 2.75) is 0 Å². The maximum absolute atomic E-state index is 12.6. The Morgan fingerprint density at radius 1 is 1.00 bits per heavy atom. The minimum atomic E-state index is -0.477. The maximum atomic E-state index is 12.6. The van der Waals surface area contributed by atoms with Crippen LogP contribution in [0.4, 0.5) is 0 Å². The number of ketones is 1. The highest BCUT2D eigenvalue weighted by atomic mass is 16.6. The Balaban J connectivity index is 2.42. The van der Waals surface area contributed by atoms with Crippen LogP contribution in [0.3, 0.4) is 0 Å². The molecule has 0 N–H and O–H groups in total. The second-order valence-corrected chi connectivity index (χ2v) is 4.49. The van der Waals surface area contributed by atoms with Gasteiger partial charge in [-0.1, -0.05) is 35.5 Å². The molecule has 2 aromatic carbocycles. The van der Waals surface area contributed by atoms with E-state index in [9.17, 15) is 10.3 Å². The van der Waals surface area contributed by atoms with Gasteiger partial charge < -0.3 is 15.1 Å². The molecule has 0 aliphatic heterocycles. The smallest absolute Gasteiger partial charge is 0.392 e. The van der Waals surface area contributed by atoms with Crippen molar-refractivity contribution in [2.75, 3.05) is 14.2 Å². The quantitative estimate of drug-likeness (QED) is 0.270. The van der Waals surface area contributed by atoms with Crippen molar-refractivity contribution in [1.29, 1.82) is 0 Å². The lowest BCUT2D eigenvalue weighted by molar-refractivity contribution is -0.00292. The van der Waals surface area contributed by atoms with Crippen LogP contribution in [0.2, 0.25) is 0 Å². The summed E-state index contributed by atoms with van der Waals surface area (Å²) >= 11 is 0. The van der Waals surface area contributed by atoms with Crippen LogP contribution in [0.5, 0.6) is 5.75 Å². The zero-order chi connectivity index (χ0) is 16.7. The number of rotatable bonds is 6. The second kappa shape index (κ2) is 7.68. The fourth-order valence-corrected chi connectivity index (χ4v) is 2.00. The zero-order valence-electron chi connectivity index (χ0n) is 12.8. The number of hydrogen-bond donors (Lipinski definition) is 0. The molecule has 116 valence electrons. The Labute approximate surface area is 133 Å². The zero-order valence-corrected chi connectivity index (χ0v) is 12.8. The maximum Gasteiger partial charge on any atom is 0.392 e. The minimum absolute atomic E-state index is 0.149. The van der Waals surface area contributed by atoms with Crippen molar-refractivity contribution < 1.29 is 19.2 Å². The first kappa shape index (κ1) is 16.1. The summed E-state index contributed by atoms with van der Waals surface area (Å²) in [5.74, 6) is 0.146. The average Bonchev–Trinajstić information content (AvgIpc) is 2.62. The lowest BCUT2D eigenvalue weighted by atomic mass is 9.99. The monoisotopic (exact) mass is 309 g/mol. The highest BCUT2D eigenvalue weighted by Gasteiger charge is 2.30. The van der Waals surface area contributed by atoms with Gasteiger partial charge >= 0.3 is 5.71 Å². The Morgan fingerprint density at radius 3 is 2.17 bits per heavy atom. The van der Waals surface area contributed by atoms with Gasteiger partial charge in [-0.05, 0) is 24.3 Å². The van der Waals surface area contributed by atoms with Crippen LogP contribution in [0.1, 0.15) is 15.9 Å². The summed E-state index contributed by atoms with van der Waals surface area (Å²) in [6.45, 7) is 0. The van der Waals surface area contributed by atoms with Gasteiger partial charge in [0, 0.05) is 11.1 Å². The molecule has 2 rings (SSSR count). The number of benzene rings is 2. The number of ether oxygens (including phenoxy) is 1. The fraction of sp³-hybridized carbons (Fsp3) is 0.118. The van der Waals surface area contributed by atoms with Crippen molar-refractivity contribution in [2.24, 2.45) is 5.16 Å². The third-order valence-electron chi connectivity index (χ3n) is 3.12. The fourth-order valence-electron chi connectivity index (χ4n) is 2.00. The number of carbonyl (C=O) groups excluding carboxylic acids is 1. The van der Waals surface area contributed by atoms with Gasteiger partial charge in [0.15, 0.2) is 0 Å². The van der Waals surface area contributed by atoms with Crippen LogP contribution in [-0.4, -0.2) is 36.2 Å². The summed E-state index contributed by atoms with van der Waals surface area (Å²) in [5, 5.41) is 3.83. The number of Topliss-reactive ketones (excluding diaryl/α,β-unsaturated/α-hetero) is 1. The average molecular weight is 309 g/mol. The standard InChI is InChI=1S/C17H15N3O3/c1-22-14-10-8-13(9-11-14)17(21)16(19-18)15(20-23-2)12-6-4-3-5-7-12/h3-11H,1-2H3. The van der Waals surface area contributed by atoms with Crippen LogP contribution in [-0.2, 0) is 4.84 Å². The minimum Gasteiger partial charge on any atom is -0.497 e. The molecule has 0 unspecified atom stereocenters. The van der Waals surface area contributed by atoms with Gasteiger partial charge in [0.1, 0.15) is 12.9 Å². The Hall–Kier alpha value is -3.24. The van der Waals surface area contributed by atoms with Gasteiger partial charge in [-0.3, -0.25) is 4.79 Å². The molecule has 0 spiro atoms. The lowest BCUT2D eigenvalue weighted by Gasteiger charge is -2.03. The summed E-state index contributed by atoms with van der Waals surface area (Å²) < 4.78 is 5.06. The molecule has 0 radical (unpaired) electrons. The highest BCUT2D eigenvalue weighted by molar-refractivity contribution is 6.71. The van der Waals surface area contributed by atoms with Crippen molar-refractivity contribution in [3.63, 3.8) is 0 Å². The van der Waals surface area contributed by atoms with E-state index in [1.807, 2.05) is 6.07 Å². The number of hydrogen-bond acceptors (Lipinski definition) is 4. The molecule has 0 saturated heterocycles. The van der Waals surface area contributed by atoms with Crippen LogP contribution < -0.4 is 4.74 Å². The molecule has 0 atom stereocenters. The van der Waals surface area contributed by atoms with Crippen molar-refractivity contribution >= 4 is 17.2 Å². The Bertz CT molecular complexity index is 761. The Morgan fingerprint density at radius 2 is 1.65 bits per heavy atom. The molecule has 0 saturated carbocycles. The third-order valence-corrected chi connectivity index (χ3v) is 3.12. The first-order valence-electron chi connectivity index (χ1n) is 6.79. The van der Waals surface area contributed by atoms with E-state index < -0.39 is 5.78 Å². The van der Waals surface area contributed by atoms with Gasteiger partial charge in [0.05, 0.1) is 7.11 Å². The predicted octanol–water partition coefficient (Wildman–Crippen LogP) is 2.60. The molecule has 0 amide bonds. The first-order valence-corrected chi connectivity index (χ1v) is 6.79. The highest BCUT2D eigenvalue weighted by Crippen LogP contribution is 2.13. The molecular formula is C17H15N3O3. The van der Waals surface area contributed by atoms with E-state index in [0.717, 1.165) is 0 Å². The van der Waals surface area contributed by atoms with E-state index in [2.05, 4.69) is 9.95 Å². The summed E-state index contributed by atoms with van der Waals surface area (Å²) in [7, 11) is 2.89. The van der Waals surface area contributed by atoms with E-state index in [0.29, 0.717) is 16.9 Å². The SMILES string of the molecule is CON=C(C(=[N+]=[N-])C(=O)c1ccc(OC)cc1)c1ccccc1. The van der Waals surface area contributed by atoms with E-state index in [1.54, 1.807) is 48.5 Å². The van der Waals surface area contributed by atoms with Crippen molar-refractivity contribution in [3.8, 4) is 5.75 Å². The van der Waals surface area contributed by atoms with E-state index in [1.165, 1.54) is 14.2 Å². The van der Waals surface area contributed by atoms with Gasteiger partial charge in [0.25, 0.3) is 5.78 Å². The van der Waals surface area contributed by atoms with Crippen LogP contribution in [0, 0.1) is 0 Å². The van der Waals surface area contributed by atoms with Crippen molar-refractivity contribution in [3.05, 3.63) is 71.3 Å². The van der Waals surface area contributed by atoms with Crippen LogP contribution in [0.25, 0.3) is 5.53 Å². The van der Waals surface area contributed by atoms with E-state index in [-0.39, 0.29) is 11.4 Å². The number of oxime groups is 1. The molecule has 0 aromatic heterocycles. The topological polar surface area (TPSA) is 84.3 Å². The second-order valence-electron chi connectivity index (χ2n) is 4.49.